The summed E-state index contributed by atoms with van der Waals surface area (Å²) in [4.78, 5) is -0.418. The van der Waals surface area contributed by atoms with Crippen molar-refractivity contribution in [2.24, 2.45) is 0 Å². The first kappa shape index (κ1) is 13.2. The van der Waals surface area contributed by atoms with Crippen LogP contribution in [0.5, 0.6) is 0 Å². The fourth-order valence-electron chi connectivity index (χ4n) is 1.74. The average Bonchev–Trinajstić information content (AvgIpc) is 2.25. The van der Waals surface area contributed by atoms with Gasteiger partial charge in [0.1, 0.15) is 5.25 Å². The third-order valence-electron chi connectivity index (χ3n) is 2.55. The molecule has 0 heterocycles. The highest BCUT2D eigenvalue weighted by atomic mass is 32.2. The van der Waals surface area contributed by atoms with Crippen LogP contribution >= 0.6 is 0 Å². The van der Waals surface area contributed by atoms with Crippen LogP contribution in [0.2, 0.25) is 0 Å². The van der Waals surface area contributed by atoms with E-state index < -0.39 is 30.4 Å². The molecule has 1 unspecified atom stereocenters. The zero-order valence-corrected chi connectivity index (χ0v) is 10.5. The van der Waals surface area contributed by atoms with Crippen LogP contribution in [-0.2, 0) is 20.2 Å². The van der Waals surface area contributed by atoms with Crippen molar-refractivity contribution in [2.75, 3.05) is 0 Å². The predicted molar refractivity (Wildman–Crippen MR) is 63.1 cm³/mol. The fraction of sp³-hybridized carbons (Fsp3) is 0.100. The lowest BCUT2D eigenvalue weighted by atomic mass is 9.97. The van der Waals surface area contributed by atoms with Crippen molar-refractivity contribution >= 4 is 20.2 Å². The third-order valence-corrected chi connectivity index (χ3v) is 4.45. The zero-order valence-electron chi connectivity index (χ0n) is 8.89. The van der Waals surface area contributed by atoms with E-state index in [1.54, 1.807) is 6.42 Å². The highest BCUT2D eigenvalue weighted by Gasteiger charge is 2.28. The van der Waals surface area contributed by atoms with Gasteiger partial charge in [-0.15, -0.1) is 0 Å². The molecule has 8 heteroatoms. The summed E-state index contributed by atoms with van der Waals surface area (Å²) in [6.45, 7) is 0. The molecule has 1 aliphatic rings. The van der Waals surface area contributed by atoms with Crippen molar-refractivity contribution in [3.05, 3.63) is 47.9 Å². The van der Waals surface area contributed by atoms with E-state index in [4.69, 9.17) is 9.11 Å². The van der Waals surface area contributed by atoms with Crippen molar-refractivity contribution in [3.8, 4) is 0 Å². The van der Waals surface area contributed by atoms with Gasteiger partial charge >= 0.3 is 0 Å². The summed E-state index contributed by atoms with van der Waals surface area (Å²) in [6, 6.07) is 3.55. The predicted octanol–water partition coefficient (Wildman–Crippen LogP) is 0.984. The van der Waals surface area contributed by atoms with E-state index in [1.165, 1.54) is 18.2 Å². The molecule has 1 aromatic rings. The quantitative estimate of drug-likeness (QED) is 0.786. The van der Waals surface area contributed by atoms with E-state index >= 15 is 0 Å². The number of hydrogen-bond acceptors (Lipinski definition) is 4. The van der Waals surface area contributed by atoms with Crippen molar-refractivity contribution in [1.82, 2.24) is 0 Å². The summed E-state index contributed by atoms with van der Waals surface area (Å²) < 4.78 is 62.3. The largest absolute Gasteiger partial charge is 0.294 e. The van der Waals surface area contributed by atoms with Crippen LogP contribution in [0.25, 0.3) is 0 Å². The van der Waals surface area contributed by atoms with Gasteiger partial charge in [-0.3, -0.25) is 9.11 Å². The molecule has 97 valence electrons. The van der Waals surface area contributed by atoms with Crippen LogP contribution in [0, 0.1) is 6.42 Å². The molecule has 1 radical (unpaired) electrons. The van der Waals surface area contributed by atoms with E-state index in [0.29, 0.717) is 5.56 Å². The smallest absolute Gasteiger partial charge is 0.285 e. The lowest BCUT2D eigenvalue weighted by Crippen LogP contribution is -2.15. The molecule has 0 saturated heterocycles. The minimum atomic E-state index is -4.42. The first-order chi connectivity index (χ1) is 8.19. The van der Waals surface area contributed by atoms with E-state index in [9.17, 15) is 16.8 Å². The summed E-state index contributed by atoms with van der Waals surface area (Å²) in [6.07, 6.45) is 4.25. The Labute approximate surface area is 104 Å². The third kappa shape index (κ3) is 2.46. The van der Waals surface area contributed by atoms with Gasteiger partial charge < -0.3 is 0 Å². The maximum absolute atomic E-state index is 11.2. The lowest BCUT2D eigenvalue weighted by Gasteiger charge is -2.18. The average molecular weight is 289 g/mol. The van der Waals surface area contributed by atoms with Crippen LogP contribution in [-0.4, -0.2) is 25.9 Å². The van der Waals surface area contributed by atoms with Gasteiger partial charge in [-0.05, 0) is 23.3 Å². The SMILES string of the molecule is O=S(=O)(O)c1ccc2c(c1)C(S(=O)(=O)O)C=C[CH]2. The molecule has 2 N–H and O–H groups in total. The van der Waals surface area contributed by atoms with E-state index in [2.05, 4.69) is 0 Å². The Balaban J connectivity index is 2.65. The van der Waals surface area contributed by atoms with E-state index in [-0.39, 0.29) is 5.56 Å². The molecule has 0 aliphatic heterocycles. The minimum absolute atomic E-state index is 0.107. The Morgan fingerprint density at radius 1 is 1.06 bits per heavy atom. The Hall–Kier alpha value is -1.22. The van der Waals surface area contributed by atoms with Crippen molar-refractivity contribution in [2.45, 2.75) is 10.1 Å². The molecule has 1 aliphatic carbocycles. The number of fused-ring (bicyclic) bond motifs is 1. The molecule has 0 aromatic heterocycles. The number of benzene rings is 1. The van der Waals surface area contributed by atoms with E-state index in [0.717, 1.165) is 12.1 Å². The first-order valence-electron chi connectivity index (χ1n) is 4.79. The second-order valence-corrected chi connectivity index (χ2v) is 6.71. The van der Waals surface area contributed by atoms with Gasteiger partial charge in [0.15, 0.2) is 0 Å². The summed E-state index contributed by atoms with van der Waals surface area (Å²) >= 11 is 0. The molecule has 0 bridgehead atoms. The van der Waals surface area contributed by atoms with Crippen LogP contribution in [0.15, 0.2) is 35.2 Å². The molecular formula is C10H9O6S2. The maximum atomic E-state index is 11.2. The molecule has 1 atom stereocenters. The Morgan fingerprint density at radius 2 is 1.72 bits per heavy atom. The first-order valence-corrected chi connectivity index (χ1v) is 7.73. The van der Waals surface area contributed by atoms with Crippen LogP contribution in [0.1, 0.15) is 16.4 Å². The highest BCUT2D eigenvalue weighted by Crippen LogP contribution is 2.33. The summed E-state index contributed by atoms with van der Waals surface area (Å²) in [5, 5.41) is -1.33. The number of rotatable bonds is 2. The lowest BCUT2D eigenvalue weighted by molar-refractivity contribution is 0.474. The van der Waals surface area contributed by atoms with Gasteiger partial charge in [-0.1, -0.05) is 18.2 Å². The minimum Gasteiger partial charge on any atom is -0.285 e. The Bertz CT molecular complexity index is 715. The van der Waals surface area contributed by atoms with Crippen LogP contribution in [0.4, 0.5) is 0 Å². The van der Waals surface area contributed by atoms with Crippen molar-refractivity contribution in [1.29, 1.82) is 0 Å². The molecule has 0 amide bonds. The Kier molecular flexibility index (Phi) is 3.06. The molecule has 0 spiro atoms. The van der Waals surface area contributed by atoms with Gasteiger partial charge in [-0.25, -0.2) is 0 Å². The topological polar surface area (TPSA) is 109 Å². The second kappa shape index (κ2) is 4.16. The number of hydrogen-bond donors (Lipinski definition) is 2. The second-order valence-electron chi connectivity index (χ2n) is 3.75. The summed E-state index contributed by atoms with van der Waals surface area (Å²) in [5.41, 5.74) is 0.572. The summed E-state index contributed by atoms with van der Waals surface area (Å²) in [5.74, 6) is 0. The molecule has 0 saturated carbocycles. The molecule has 1 aromatic carbocycles. The van der Waals surface area contributed by atoms with E-state index in [1.807, 2.05) is 0 Å². The van der Waals surface area contributed by atoms with Crippen LogP contribution in [0.3, 0.4) is 0 Å². The van der Waals surface area contributed by atoms with Crippen molar-refractivity contribution < 1.29 is 25.9 Å². The van der Waals surface area contributed by atoms with Gasteiger partial charge in [-0.2, -0.15) is 16.8 Å². The highest BCUT2D eigenvalue weighted by molar-refractivity contribution is 7.86. The van der Waals surface area contributed by atoms with Gasteiger partial charge in [0.2, 0.25) is 0 Å². The number of allylic oxidation sites excluding steroid dienone is 1. The van der Waals surface area contributed by atoms with Gasteiger partial charge in [0.05, 0.1) is 4.90 Å². The van der Waals surface area contributed by atoms with Crippen molar-refractivity contribution in [3.63, 3.8) is 0 Å². The summed E-state index contributed by atoms with van der Waals surface area (Å²) in [7, 11) is -8.80. The standard InChI is InChI=1S/C10H9O6S2/c11-17(12,13)8-5-4-7-2-1-3-10(9(7)6-8)18(14,15)16/h1-6,10H,(H,11,12,13)(H,14,15,16). The zero-order chi connectivity index (χ0) is 13.6. The molecule has 6 nitrogen and oxygen atoms in total. The van der Waals surface area contributed by atoms with Gasteiger partial charge in [0.25, 0.3) is 20.2 Å². The molecule has 0 fully saturated rings. The van der Waals surface area contributed by atoms with Crippen LogP contribution < -0.4 is 0 Å². The fourth-order valence-corrected chi connectivity index (χ4v) is 3.07. The normalized spacial score (nSPS) is 19.6. The maximum Gasteiger partial charge on any atom is 0.294 e. The Morgan fingerprint density at radius 3 is 2.28 bits per heavy atom. The molecule has 18 heavy (non-hydrogen) atoms. The van der Waals surface area contributed by atoms with Gasteiger partial charge in [0, 0.05) is 6.42 Å². The molecular weight excluding hydrogens is 280 g/mol. The monoisotopic (exact) mass is 289 g/mol. The molecule has 2 rings (SSSR count).